The van der Waals surface area contributed by atoms with Crippen LogP contribution in [0.15, 0.2) is 46.0 Å². The predicted octanol–water partition coefficient (Wildman–Crippen LogP) is 3.95. The number of nitrogens with two attached hydrogens (primary N) is 1. The lowest BCUT2D eigenvalue weighted by Crippen LogP contribution is -2.14. The lowest BCUT2D eigenvalue weighted by molar-refractivity contribution is 0.318. The maximum Gasteiger partial charge on any atom is 0.173 e. The van der Waals surface area contributed by atoms with Crippen molar-refractivity contribution in [2.75, 3.05) is 0 Å². The molecule has 0 bridgehead atoms. The second-order valence-corrected chi connectivity index (χ2v) is 5.38. The minimum atomic E-state index is 0.0203. The highest BCUT2D eigenvalue weighted by molar-refractivity contribution is 9.10. The molecule has 3 N–H and O–H groups in total. The number of halogens is 1. The first-order valence-corrected chi connectivity index (χ1v) is 6.83. The van der Waals surface area contributed by atoms with Gasteiger partial charge < -0.3 is 15.7 Å². The van der Waals surface area contributed by atoms with E-state index < -0.39 is 0 Å². The van der Waals surface area contributed by atoms with Crippen molar-refractivity contribution >= 4 is 21.8 Å². The molecule has 2 rings (SSSR count). The molecule has 2 aromatic carbocycles. The summed E-state index contributed by atoms with van der Waals surface area (Å²) in [6.07, 6.45) is 0. The van der Waals surface area contributed by atoms with Crippen LogP contribution < -0.4 is 10.5 Å². The van der Waals surface area contributed by atoms with Crippen molar-refractivity contribution in [3.8, 4) is 11.5 Å². The first kappa shape index (κ1) is 14.4. The van der Waals surface area contributed by atoms with Gasteiger partial charge in [-0.3, -0.25) is 0 Å². The fourth-order valence-electron chi connectivity index (χ4n) is 1.79. The molecule has 0 aliphatic heterocycles. The third-order valence-corrected chi connectivity index (χ3v) is 3.45. The third kappa shape index (κ3) is 3.11. The quantitative estimate of drug-likeness (QED) is 0.386. The highest BCUT2D eigenvalue weighted by atomic mass is 79.9. The van der Waals surface area contributed by atoms with Crippen LogP contribution in [0.5, 0.6) is 11.5 Å². The van der Waals surface area contributed by atoms with Crippen LogP contribution in [0, 0.1) is 13.8 Å². The molecule has 0 radical (unpaired) electrons. The van der Waals surface area contributed by atoms with Gasteiger partial charge in [0.15, 0.2) is 5.84 Å². The number of hydrogen-bond acceptors (Lipinski definition) is 3. The van der Waals surface area contributed by atoms with E-state index in [0.717, 1.165) is 15.6 Å². The van der Waals surface area contributed by atoms with Crippen molar-refractivity contribution in [3.63, 3.8) is 0 Å². The Bertz CT molecular complexity index is 669. The van der Waals surface area contributed by atoms with E-state index in [-0.39, 0.29) is 5.84 Å². The average Bonchev–Trinajstić information content (AvgIpc) is 2.42. The van der Waals surface area contributed by atoms with Crippen molar-refractivity contribution in [1.82, 2.24) is 0 Å². The van der Waals surface area contributed by atoms with Crippen LogP contribution in [0.3, 0.4) is 0 Å². The first-order valence-electron chi connectivity index (χ1n) is 6.04. The van der Waals surface area contributed by atoms with Gasteiger partial charge in [-0.05, 0) is 59.6 Å². The molecule has 0 aromatic heterocycles. The molecule has 0 aliphatic carbocycles. The van der Waals surface area contributed by atoms with Crippen LogP contribution >= 0.6 is 15.9 Å². The van der Waals surface area contributed by atoms with E-state index in [9.17, 15) is 0 Å². The molecule has 0 saturated heterocycles. The summed E-state index contributed by atoms with van der Waals surface area (Å²) in [6, 6.07) is 11.3. The highest BCUT2D eigenvalue weighted by Crippen LogP contribution is 2.32. The van der Waals surface area contributed by atoms with Crippen molar-refractivity contribution < 1.29 is 9.94 Å². The van der Waals surface area contributed by atoms with Gasteiger partial charge in [0.05, 0.1) is 10.0 Å². The van der Waals surface area contributed by atoms with Gasteiger partial charge in [0.1, 0.15) is 11.5 Å². The van der Waals surface area contributed by atoms with Crippen LogP contribution in [0.2, 0.25) is 0 Å². The third-order valence-electron chi connectivity index (χ3n) is 2.83. The summed E-state index contributed by atoms with van der Waals surface area (Å²) in [6.45, 7) is 3.93. The summed E-state index contributed by atoms with van der Waals surface area (Å²) in [4.78, 5) is 0. The normalized spacial score (nSPS) is 11.4. The van der Waals surface area contributed by atoms with Gasteiger partial charge in [0, 0.05) is 0 Å². The number of ether oxygens (including phenoxy) is 1. The zero-order chi connectivity index (χ0) is 14.7. The number of oxime groups is 1. The Balaban J connectivity index is 2.43. The topological polar surface area (TPSA) is 67.8 Å². The Morgan fingerprint density at radius 2 is 1.70 bits per heavy atom. The molecule has 4 nitrogen and oxygen atoms in total. The van der Waals surface area contributed by atoms with E-state index >= 15 is 0 Å². The van der Waals surface area contributed by atoms with Gasteiger partial charge in [-0.25, -0.2) is 0 Å². The minimum absolute atomic E-state index is 0.0203. The Kier molecular flexibility index (Phi) is 4.29. The van der Waals surface area contributed by atoms with Crippen molar-refractivity contribution in [3.05, 3.63) is 57.6 Å². The largest absolute Gasteiger partial charge is 0.455 e. The molecule has 0 heterocycles. The maximum absolute atomic E-state index is 8.86. The number of nitrogens with zero attached hydrogens (tertiary/aromatic N) is 1. The molecule has 20 heavy (non-hydrogen) atoms. The number of hydrogen-bond donors (Lipinski definition) is 2. The lowest BCUT2D eigenvalue weighted by Gasteiger charge is -2.12. The summed E-state index contributed by atoms with van der Waals surface area (Å²) in [5.74, 6) is 1.23. The Hall–Kier alpha value is -2.01. The summed E-state index contributed by atoms with van der Waals surface area (Å²) in [5.41, 5.74) is 8.37. The predicted molar refractivity (Wildman–Crippen MR) is 82.6 cm³/mol. The Labute approximate surface area is 126 Å². The second kappa shape index (κ2) is 5.96. The molecule has 5 heteroatoms. The molecule has 0 atom stereocenters. The van der Waals surface area contributed by atoms with Crippen LogP contribution in [-0.2, 0) is 0 Å². The minimum Gasteiger partial charge on any atom is -0.455 e. The maximum atomic E-state index is 8.86. The smallest absolute Gasteiger partial charge is 0.173 e. The molecule has 0 unspecified atom stereocenters. The number of rotatable bonds is 3. The molecule has 0 spiro atoms. The molecule has 0 saturated carbocycles. The van der Waals surface area contributed by atoms with Gasteiger partial charge in [-0.2, -0.15) is 0 Å². The van der Waals surface area contributed by atoms with Crippen molar-refractivity contribution in [2.24, 2.45) is 10.9 Å². The van der Waals surface area contributed by atoms with Crippen molar-refractivity contribution in [1.29, 1.82) is 0 Å². The van der Waals surface area contributed by atoms with Gasteiger partial charge >= 0.3 is 0 Å². The average molecular weight is 335 g/mol. The van der Waals surface area contributed by atoms with Crippen molar-refractivity contribution in [2.45, 2.75) is 13.8 Å². The van der Waals surface area contributed by atoms with E-state index in [4.69, 9.17) is 15.7 Å². The van der Waals surface area contributed by atoms with Crippen LogP contribution in [0.1, 0.15) is 16.7 Å². The van der Waals surface area contributed by atoms with Crippen LogP contribution in [0.4, 0.5) is 0 Å². The summed E-state index contributed by atoms with van der Waals surface area (Å²) >= 11 is 3.46. The summed E-state index contributed by atoms with van der Waals surface area (Å²) < 4.78 is 6.70. The molecular formula is C15H15BrN2O2. The first-order chi connectivity index (χ1) is 9.51. The van der Waals surface area contributed by atoms with E-state index in [1.165, 1.54) is 0 Å². The lowest BCUT2D eigenvalue weighted by atomic mass is 10.1. The monoisotopic (exact) mass is 334 g/mol. The second-order valence-electron chi connectivity index (χ2n) is 4.52. The van der Waals surface area contributed by atoms with E-state index in [0.29, 0.717) is 17.1 Å². The van der Waals surface area contributed by atoms with E-state index in [1.807, 2.05) is 44.2 Å². The summed E-state index contributed by atoms with van der Waals surface area (Å²) in [7, 11) is 0. The van der Waals surface area contributed by atoms with Crippen LogP contribution in [0.25, 0.3) is 0 Å². The SMILES string of the molecule is Cc1ccc(Oc2ccc(C)cc2/C(N)=N/O)c(Br)c1. The molecule has 0 fully saturated rings. The molecule has 2 aromatic rings. The van der Waals surface area contributed by atoms with Gasteiger partial charge in [0.25, 0.3) is 0 Å². The number of aryl methyl sites for hydroxylation is 2. The highest BCUT2D eigenvalue weighted by Gasteiger charge is 2.11. The molecular weight excluding hydrogens is 320 g/mol. The Morgan fingerprint density at radius 3 is 2.30 bits per heavy atom. The fraction of sp³-hybridized carbons (Fsp3) is 0.133. The van der Waals surface area contributed by atoms with Crippen LogP contribution in [-0.4, -0.2) is 11.0 Å². The number of amidine groups is 1. The summed E-state index contributed by atoms with van der Waals surface area (Å²) in [5, 5.41) is 11.9. The van der Waals surface area contributed by atoms with Gasteiger partial charge in [-0.1, -0.05) is 22.9 Å². The Morgan fingerprint density at radius 1 is 1.10 bits per heavy atom. The molecule has 104 valence electrons. The van der Waals surface area contributed by atoms with Gasteiger partial charge in [-0.15, -0.1) is 0 Å². The molecule has 0 aliphatic rings. The zero-order valence-electron chi connectivity index (χ0n) is 11.2. The standard InChI is InChI=1S/C15H15BrN2O2/c1-9-3-5-13(11(7-9)15(17)18-19)20-14-6-4-10(2)8-12(14)16/h3-8,19H,1-2H3,(H2,17,18). The zero-order valence-corrected chi connectivity index (χ0v) is 12.8. The van der Waals surface area contributed by atoms with E-state index in [2.05, 4.69) is 21.1 Å². The number of benzene rings is 2. The van der Waals surface area contributed by atoms with Gasteiger partial charge in [0.2, 0.25) is 0 Å². The van der Waals surface area contributed by atoms with E-state index in [1.54, 1.807) is 6.07 Å². The fourth-order valence-corrected chi connectivity index (χ4v) is 2.37. The molecule has 0 amide bonds.